The fourth-order valence-electron chi connectivity index (χ4n) is 3.79. The molecule has 8 nitrogen and oxygen atoms in total. The molecule has 2 aromatic heterocycles. The number of hydrogen-bond donors (Lipinski definition) is 2. The molecule has 1 aromatic carbocycles. The van der Waals surface area contributed by atoms with Crippen molar-refractivity contribution in [3.8, 4) is 0 Å². The van der Waals surface area contributed by atoms with E-state index < -0.39 is 22.8 Å². The second kappa shape index (κ2) is 8.27. The molecule has 9 heteroatoms. The van der Waals surface area contributed by atoms with Crippen LogP contribution in [0.4, 0.5) is 10.2 Å². The van der Waals surface area contributed by atoms with Gasteiger partial charge in [0.15, 0.2) is 17.4 Å². The van der Waals surface area contributed by atoms with Crippen LogP contribution in [0.2, 0.25) is 0 Å². The molecule has 1 unspecified atom stereocenters. The Morgan fingerprint density at radius 2 is 2.00 bits per heavy atom. The maximum Gasteiger partial charge on any atom is 0.341 e. The molecule has 3 heterocycles. The molecular weight excluding hydrogens is 403 g/mol. The van der Waals surface area contributed by atoms with Crippen molar-refractivity contribution in [3.05, 3.63) is 69.8 Å². The number of rotatable bonds is 6. The van der Waals surface area contributed by atoms with Gasteiger partial charge in [-0.25, -0.2) is 14.2 Å². The number of aryl methyl sites for hydroxylation is 1. The van der Waals surface area contributed by atoms with Crippen LogP contribution in [0.1, 0.15) is 33.6 Å². The van der Waals surface area contributed by atoms with E-state index in [9.17, 15) is 23.9 Å². The Morgan fingerprint density at radius 3 is 2.65 bits per heavy atom. The lowest BCUT2D eigenvalue weighted by atomic mass is 10.1. The lowest BCUT2D eigenvalue weighted by Crippen LogP contribution is -2.28. The number of carbonyl (C=O) groups excluding carboxylic acids is 1. The first-order chi connectivity index (χ1) is 14.8. The fraction of sp³-hybridized carbons (Fsp3) is 0.273. The van der Waals surface area contributed by atoms with Crippen molar-refractivity contribution in [2.24, 2.45) is 5.73 Å². The zero-order valence-electron chi connectivity index (χ0n) is 16.6. The van der Waals surface area contributed by atoms with Crippen LogP contribution in [0.25, 0.3) is 11.0 Å². The van der Waals surface area contributed by atoms with Gasteiger partial charge in [0.2, 0.25) is 5.43 Å². The Labute approximate surface area is 176 Å². The van der Waals surface area contributed by atoms with Crippen molar-refractivity contribution >= 4 is 28.6 Å². The molecule has 160 valence electrons. The lowest BCUT2D eigenvalue weighted by Gasteiger charge is -2.19. The minimum atomic E-state index is -1.43. The molecule has 1 fully saturated rings. The number of carboxylic acids is 1. The van der Waals surface area contributed by atoms with Gasteiger partial charge < -0.3 is 20.3 Å². The minimum absolute atomic E-state index is 0.0595. The van der Waals surface area contributed by atoms with Gasteiger partial charge in [-0.1, -0.05) is 30.3 Å². The smallest absolute Gasteiger partial charge is 0.341 e. The number of carbonyl (C=O) groups is 2. The number of benzene rings is 1. The monoisotopic (exact) mass is 424 g/mol. The zero-order valence-corrected chi connectivity index (χ0v) is 16.6. The van der Waals surface area contributed by atoms with Gasteiger partial charge in [0.05, 0.1) is 5.39 Å². The number of anilines is 1. The van der Waals surface area contributed by atoms with E-state index in [1.165, 1.54) is 4.57 Å². The molecule has 0 bridgehead atoms. The van der Waals surface area contributed by atoms with Crippen molar-refractivity contribution in [1.82, 2.24) is 9.55 Å². The first-order valence-electron chi connectivity index (χ1n) is 9.91. The summed E-state index contributed by atoms with van der Waals surface area (Å²) < 4.78 is 16.2. The number of halogens is 1. The number of Topliss-reactive ketones (excluding diaryl/α,β-unsaturated/α-hetero) is 1. The molecule has 0 radical (unpaired) electrons. The normalized spacial score (nSPS) is 16.1. The molecule has 1 atom stereocenters. The largest absolute Gasteiger partial charge is 0.477 e. The highest BCUT2D eigenvalue weighted by atomic mass is 19.1. The van der Waals surface area contributed by atoms with E-state index in [4.69, 9.17) is 5.73 Å². The summed E-state index contributed by atoms with van der Waals surface area (Å²) in [5, 5.41) is 9.27. The summed E-state index contributed by atoms with van der Waals surface area (Å²) in [5.41, 5.74) is 5.26. The van der Waals surface area contributed by atoms with Crippen molar-refractivity contribution in [2.75, 3.05) is 18.0 Å². The quantitative estimate of drug-likeness (QED) is 0.581. The molecule has 0 amide bonds. The van der Waals surface area contributed by atoms with Crippen LogP contribution < -0.4 is 16.1 Å². The van der Waals surface area contributed by atoms with Gasteiger partial charge in [-0.15, -0.1) is 0 Å². The third kappa shape index (κ3) is 4.04. The summed E-state index contributed by atoms with van der Waals surface area (Å²) >= 11 is 0. The zero-order chi connectivity index (χ0) is 22.1. The second-order valence-electron chi connectivity index (χ2n) is 7.57. The van der Waals surface area contributed by atoms with Crippen molar-refractivity contribution in [1.29, 1.82) is 0 Å². The number of pyridine rings is 2. The summed E-state index contributed by atoms with van der Waals surface area (Å²) in [4.78, 5) is 42.7. The topological polar surface area (TPSA) is 119 Å². The molecule has 1 aliphatic rings. The van der Waals surface area contributed by atoms with Crippen molar-refractivity contribution in [2.45, 2.75) is 25.4 Å². The molecule has 4 rings (SSSR count). The molecule has 3 N–H and O–H groups in total. The van der Waals surface area contributed by atoms with E-state index in [0.29, 0.717) is 25.1 Å². The molecule has 1 saturated heterocycles. The predicted molar refractivity (Wildman–Crippen MR) is 113 cm³/mol. The van der Waals surface area contributed by atoms with Gasteiger partial charge in [-0.05, 0) is 12.5 Å². The van der Waals surface area contributed by atoms with Crippen molar-refractivity contribution in [3.63, 3.8) is 0 Å². The Bertz CT molecular complexity index is 1230. The molecule has 1 aliphatic heterocycles. The van der Waals surface area contributed by atoms with E-state index in [1.807, 2.05) is 0 Å². The van der Waals surface area contributed by atoms with Gasteiger partial charge in [-0.3, -0.25) is 9.59 Å². The molecule has 3 aromatic rings. The molecule has 0 saturated carbocycles. The summed E-state index contributed by atoms with van der Waals surface area (Å²) in [6.07, 6.45) is 1.91. The standard InChI is InChI=1S/C22H21FN4O4/c23-17-10-15-19(29)16(22(30)31)12-27(9-7-18(28)13-4-2-1-3-5-13)20(15)25-21(17)26-8-6-14(24)11-26/h1-5,10,12,14H,6-9,11,24H2,(H,30,31). The summed E-state index contributed by atoms with van der Waals surface area (Å²) in [6, 6.07) is 9.61. The first-order valence-corrected chi connectivity index (χ1v) is 9.91. The highest BCUT2D eigenvalue weighted by Crippen LogP contribution is 2.24. The third-order valence-electron chi connectivity index (χ3n) is 5.41. The van der Waals surface area contributed by atoms with Crippen LogP contribution in [0.5, 0.6) is 0 Å². The van der Waals surface area contributed by atoms with Crippen LogP contribution in [0.15, 0.2) is 47.4 Å². The maximum absolute atomic E-state index is 14.8. The van der Waals surface area contributed by atoms with E-state index in [-0.39, 0.29) is 41.6 Å². The third-order valence-corrected chi connectivity index (χ3v) is 5.41. The summed E-state index contributed by atoms with van der Waals surface area (Å²) in [7, 11) is 0. The van der Waals surface area contributed by atoms with E-state index in [2.05, 4.69) is 4.98 Å². The molecule has 0 aliphatic carbocycles. The highest BCUT2D eigenvalue weighted by Gasteiger charge is 2.25. The Morgan fingerprint density at radius 1 is 1.26 bits per heavy atom. The number of aromatic nitrogens is 2. The number of carboxylic acid groups (broad SMARTS) is 1. The lowest BCUT2D eigenvalue weighted by molar-refractivity contribution is 0.0694. The Balaban J connectivity index is 1.78. The number of hydrogen-bond acceptors (Lipinski definition) is 6. The number of aromatic carboxylic acids is 1. The number of nitrogens with zero attached hydrogens (tertiary/aromatic N) is 3. The SMILES string of the molecule is NC1CCN(c2nc3c(cc2F)c(=O)c(C(=O)O)cn3CCC(=O)c2ccccc2)C1. The van der Waals surface area contributed by atoms with Gasteiger partial charge in [0, 0.05) is 43.9 Å². The van der Waals surface area contributed by atoms with Crippen LogP contribution in [-0.4, -0.2) is 45.5 Å². The predicted octanol–water partition coefficient (Wildman–Crippen LogP) is 2.04. The second-order valence-corrected chi connectivity index (χ2v) is 7.57. The number of nitrogens with two attached hydrogens (primary N) is 1. The van der Waals surface area contributed by atoms with Gasteiger partial charge >= 0.3 is 5.97 Å². The average molecular weight is 424 g/mol. The molecular formula is C22H21FN4O4. The van der Waals surface area contributed by atoms with E-state index in [1.54, 1.807) is 35.2 Å². The average Bonchev–Trinajstić information content (AvgIpc) is 3.19. The number of ketones is 1. The number of fused-ring (bicyclic) bond motifs is 1. The fourth-order valence-corrected chi connectivity index (χ4v) is 3.79. The van der Waals surface area contributed by atoms with Crippen molar-refractivity contribution < 1.29 is 19.1 Å². The maximum atomic E-state index is 14.8. The molecule has 0 spiro atoms. The van der Waals surface area contributed by atoms with Crippen LogP contribution >= 0.6 is 0 Å². The van der Waals surface area contributed by atoms with Crippen LogP contribution in [0.3, 0.4) is 0 Å². The summed E-state index contributed by atoms with van der Waals surface area (Å²) in [6.45, 7) is 1.04. The molecule has 31 heavy (non-hydrogen) atoms. The Hall–Kier alpha value is -3.59. The van der Waals surface area contributed by atoms with Gasteiger partial charge in [-0.2, -0.15) is 0 Å². The van der Waals surface area contributed by atoms with E-state index in [0.717, 1.165) is 12.3 Å². The van der Waals surface area contributed by atoms with Gasteiger partial charge in [0.25, 0.3) is 0 Å². The highest BCUT2D eigenvalue weighted by molar-refractivity contribution is 5.96. The van der Waals surface area contributed by atoms with Crippen LogP contribution in [-0.2, 0) is 6.54 Å². The van der Waals surface area contributed by atoms with E-state index >= 15 is 0 Å². The first kappa shape index (κ1) is 20.7. The Kier molecular flexibility index (Phi) is 5.51. The summed E-state index contributed by atoms with van der Waals surface area (Å²) in [5.74, 6) is -2.22. The minimum Gasteiger partial charge on any atom is -0.477 e. The van der Waals surface area contributed by atoms with Gasteiger partial charge in [0.1, 0.15) is 11.2 Å². The van der Waals surface area contributed by atoms with Crippen LogP contribution in [0, 0.1) is 5.82 Å².